The van der Waals surface area contributed by atoms with Gasteiger partial charge in [-0.1, -0.05) is 0 Å². The van der Waals surface area contributed by atoms with Crippen molar-refractivity contribution < 1.29 is 14.3 Å². The number of nitrogens with zero attached hydrogens (tertiary/aromatic N) is 4. The maximum atomic E-state index is 13.1. The Morgan fingerprint density at radius 3 is 2.69 bits per heavy atom. The number of nitrogens with one attached hydrogen (secondary N) is 1. The number of carbonyl (C=O) groups is 1. The SMILES string of the molecule is COc1ccc(-c2ccnc3cc(C(=O)N4C[C@H](C)NC[C@H]4C)nn23)cc1OC. The lowest BCUT2D eigenvalue weighted by atomic mass is 10.1. The van der Waals surface area contributed by atoms with E-state index in [2.05, 4.69) is 22.3 Å². The standard InChI is InChI=1S/C21H25N5O3/c1-13-12-25(14(2)11-23-13)21(27)16-10-20-22-8-7-17(26(20)24-16)15-5-6-18(28-3)19(9-15)29-4/h5-10,13-14,23H,11-12H2,1-4H3/t13-,14+/m0/s1. The molecular formula is C21H25N5O3. The van der Waals surface area contributed by atoms with Crippen LogP contribution >= 0.6 is 0 Å². The Morgan fingerprint density at radius 1 is 1.14 bits per heavy atom. The number of hydrogen-bond acceptors (Lipinski definition) is 6. The van der Waals surface area contributed by atoms with E-state index in [0.717, 1.165) is 17.8 Å². The van der Waals surface area contributed by atoms with Crippen LogP contribution in [-0.4, -0.2) is 64.8 Å². The molecule has 1 aliphatic heterocycles. The highest BCUT2D eigenvalue weighted by Crippen LogP contribution is 2.32. The van der Waals surface area contributed by atoms with Gasteiger partial charge in [0.25, 0.3) is 5.91 Å². The molecule has 1 aromatic carbocycles. The monoisotopic (exact) mass is 395 g/mol. The van der Waals surface area contributed by atoms with Crippen molar-refractivity contribution in [3.05, 3.63) is 42.2 Å². The average molecular weight is 395 g/mol. The van der Waals surface area contributed by atoms with Gasteiger partial charge < -0.3 is 19.7 Å². The summed E-state index contributed by atoms with van der Waals surface area (Å²) in [4.78, 5) is 19.4. The van der Waals surface area contributed by atoms with Crippen LogP contribution in [-0.2, 0) is 0 Å². The first-order valence-electron chi connectivity index (χ1n) is 9.63. The van der Waals surface area contributed by atoms with Crippen molar-refractivity contribution in [3.8, 4) is 22.8 Å². The summed E-state index contributed by atoms with van der Waals surface area (Å²) in [6.07, 6.45) is 1.72. The van der Waals surface area contributed by atoms with Gasteiger partial charge in [0.15, 0.2) is 22.8 Å². The molecule has 8 nitrogen and oxygen atoms in total. The maximum Gasteiger partial charge on any atom is 0.274 e. The van der Waals surface area contributed by atoms with Crippen LogP contribution in [0.5, 0.6) is 11.5 Å². The zero-order valence-electron chi connectivity index (χ0n) is 17.0. The number of piperazine rings is 1. The van der Waals surface area contributed by atoms with Gasteiger partial charge in [0.1, 0.15) is 0 Å². The molecular weight excluding hydrogens is 370 g/mol. The van der Waals surface area contributed by atoms with Gasteiger partial charge >= 0.3 is 0 Å². The first kappa shape index (κ1) is 19.2. The van der Waals surface area contributed by atoms with Crippen molar-refractivity contribution in [2.45, 2.75) is 25.9 Å². The van der Waals surface area contributed by atoms with Crippen LogP contribution in [0.25, 0.3) is 16.9 Å². The van der Waals surface area contributed by atoms with Gasteiger partial charge in [0, 0.05) is 43.0 Å². The summed E-state index contributed by atoms with van der Waals surface area (Å²) >= 11 is 0. The Kier molecular flexibility index (Phi) is 5.10. The van der Waals surface area contributed by atoms with Crippen molar-refractivity contribution in [1.29, 1.82) is 0 Å². The molecule has 1 saturated heterocycles. The zero-order valence-corrected chi connectivity index (χ0v) is 17.0. The topological polar surface area (TPSA) is 81.0 Å². The van der Waals surface area contributed by atoms with Crippen LogP contribution in [0.3, 0.4) is 0 Å². The van der Waals surface area contributed by atoms with E-state index in [1.807, 2.05) is 36.1 Å². The third-order valence-electron chi connectivity index (χ3n) is 5.28. The number of amides is 1. The molecule has 2 aromatic heterocycles. The molecule has 2 atom stereocenters. The van der Waals surface area contributed by atoms with E-state index in [1.54, 1.807) is 31.0 Å². The van der Waals surface area contributed by atoms with Gasteiger partial charge in [-0.15, -0.1) is 0 Å². The van der Waals surface area contributed by atoms with Crippen molar-refractivity contribution in [1.82, 2.24) is 24.8 Å². The largest absolute Gasteiger partial charge is 0.493 e. The first-order chi connectivity index (χ1) is 14.0. The second kappa shape index (κ2) is 7.71. The predicted octanol–water partition coefficient (Wildman–Crippen LogP) is 2.24. The Balaban J connectivity index is 1.73. The number of hydrogen-bond donors (Lipinski definition) is 1. The van der Waals surface area contributed by atoms with Crippen molar-refractivity contribution >= 4 is 11.6 Å². The molecule has 0 aliphatic carbocycles. The fraction of sp³-hybridized carbons (Fsp3) is 0.381. The lowest BCUT2D eigenvalue weighted by Gasteiger charge is -2.37. The molecule has 3 aromatic rings. The molecule has 0 radical (unpaired) electrons. The Labute approximate surface area is 169 Å². The highest BCUT2D eigenvalue weighted by molar-refractivity contribution is 5.94. The third kappa shape index (κ3) is 3.51. The van der Waals surface area contributed by atoms with Gasteiger partial charge in [0.2, 0.25) is 0 Å². The number of benzene rings is 1. The summed E-state index contributed by atoms with van der Waals surface area (Å²) in [5.74, 6) is 1.20. The quantitative estimate of drug-likeness (QED) is 0.730. The van der Waals surface area contributed by atoms with E-state index >= 15 is 0 Å². The number of rotatable bonds is 4. The molecule has 0 bridgehead atoms. The molecule has 0 saturated carbocycles. The summed E-state index contributed by atoms with van der Waals surface area (Å²) < 4.78 is 12.4. The molecule has 4 rings (SSSR count). The Morgan fingerprint density at radius 2 is 1.93 bits per heavy atom. The number of fused-ring (bicyclic) bond motifs is 1. The molecule has 8 heteroatoms. The molecule has 1 N–H and O–H groups in total. The first-order valence-corrected chi connectivity index (χ1v) is 9.63. The van der Waals surface area contributed by atoms with E-state index in [-0.39, 0.29) is 18.0 Å². The fourth-order valence-corrected chi connectivity index (χ4v) is 3.67. The van der Waals surface area contributed by atoms with E-state index in [0.29, 0.717) is 29.4 Å². The summed E-state index contributed by atoms with van der Waals surface area (Å²) in [6.45, 7) is 5.55. The molecule has 152 valence electrons. The second-order valence-corrected chi connectivity index (χ2v) is 7.32. The highest BCUT2D eigenvalue weighted by Gasteiger charge is 2.29. The van der Waals surface area contributed by atoms with Crippen LogP contribution < -0.4 is 14.8 Å². The summed E-state index contributed by atoms with van der Waals surface area (Å²) in [6, 6.07) is 9.64. The molecule has 1 amide bonds. The van der Waals surface area contributed by atoms with Gasteiger partial charge in [-0.25, -0.2) is 9.50 Å². The summed E-state index contributed by atoms with van der Waals surface area (Å²) in [5, 5.41) is 7.98. The minimum atomic E-state index is -0.0744. The minimum Gasteiger partial charge on any atom is -0.493 e. The predicted molar refractivity (Wildman–Crippen MR) is 109 cm³/mol. The maximum absolute atomic E-state index is 13.1. The lowest BCUT2D eigenvalue weighted by molar-refractivity contribution is 0.0610. The minimum absolute atomic E-state index is 0.0744. The van der Waals surface area contributed by atoms with Crippen LogP contribution in [0.15, 0.2) is 36.5 Å². The second-order valence-electron chi connectivity index (χ2n) is 7.32. The van der Waals surface area contributed by atoms with Crippen LogP contribution in [0, 0.1) is 0 Å². The average Bonchev–Trinajstić information content (AvgIpc) is 3.18. The Bertz CT molecular complexity index is 1050. The van der Waals surface area contributed by atoms with E-state index in [4.69, 9.17) is 9.47 Å². The molecule has 29 heavy (non-hydrogen) atoms. The third-order valence-corrected chi connectivity index (χ3v) is 5.28. The fourth-order valence-electron chi connectivity index (χ4n) is 3.67. The normalized spacial score (nSPS) is 19.4. The summed E-state index contributed by atoms with van der Waals surface area (Å²) in [5.41, 5.74) is 2.72. The number of methoxy groups -OCH3 is 2. The molecule has 1 aliphatic rings. The molecule has 0 unspecified atom stereocenters. The smallest absolute Gasteiger partial charge is 0.274 e. The summed E-state index contributed by atoms with van der Waals surface area (Å²) in [7, 11) is 3.20. The molecule has 0 spiro atoms. The number of aromatic nitrogens is 3. The highest BCUT2D eigenvalue weighted by atomic mass is 16.5. The number of ether oxygens (including phenoxy) is 2. The lowest BCUT2D eigenvalue weighted by Crippen LogP contribution is -2.56. The van der Waals surface area contributed by atoms with Crippen molar-refractivity contribution in [2.24, 2.45) is 0 Å². The van der Waals surface area contributed by atoms with Gasteiger partial charge in [-0.05, 0) is 38.1 Å². The van der Waals surface area contributed by atoms with Crippen LogP contribution in [0.2, 0.25) is 0 Å². The van der Waals surface area contributed by atoms with Gasteiger partial charge in [-0.3, -0.25) is 4.79 Å². The molecule has 1 fully saturated rings. The van der Waals surface area contributed by atoms with Crippen LogP contribution in [0.4, 0.5) is 0 Å². The van der Waals surface area contributed by atoms with E-state index < -0.39 is 0 Å². The van der Waals surface area contributed by atoms with Gasteiger partial charge in [0.05, 0.1) is 19.9 Å². The number of carbonyl (C=O) groups excluding carboxylic acids is 1. The zero-order chi connectivity index (χ0) is 20.5. The van der Waals surface area contributed by atoms with E-state index in [9.17, 15) is 4.79 Å². The van der Waals surface area contributed by atoms with Gasteiger partial charge in [-0.2, -0.15) is 5.10 Å². The van der Waals surface area contributed by atoms with Crippen LogP contribution in [0.1, 0.15) is 24.3 Å². The Hall–Kier alpha value is -3.13. The van der Waals surface area contributed by atoms with Crippen molar-refractivity contribution in [2.75, 3.05) is 27.3 Å². The van der Waals surface area contributed by atoms with Crippen molar-refractivity contribution in [3.63, 3.8) is 0 Å². The molecule has 3 heterocycles. The van der Waals surface area contributed by atoms with E-state index in [1.165, 1.54) is 0 Å².